The molecule has 1 aliphatic heterocycles. The van der Waals surface area contributed by atoms with Crippen molar-refractivity contribution in [2.45, 2.75) is 30.4 Å². The van der Waals surface area contributed by atoms with E-state index in [1.165, 1.54) is 18.2 Å². The number of benzene rings is 1. The standard InChI is InChI=1S/C14H17NO5S/c1-10-13(8-9-20-10)15-21(18,19)12-5-2-11(3-6-12)4-7-14(16)17/h2-7,10,13,15H,8-9H2,1H3,(H,16,17)/b7-4+. The highest BCUT2D eigenvalue weighted by Crippen LogP contribution is 2.17. The SMILES string of the molecule is CC1OCCC1NS(=O)(=O)c1ccc(/C=C/C(=O)O)cc1. The van der Waals surface area contributed by atoms with Crippen LogP contribution in [0.3, 0.4) is 0 Å². The molecule has 2 atom stereocenters. The van der Waals surface area contributed by atoms with Gasteiger partial charge in [0.15, 0.2) is 0 Å². The molecule has 2 N–H and O–H groups in total. The van der Waals surface area contributed by atoms with Crippen LogP contribution in [0, 0.1) is 0 Å². The topological polar surface area (TPSA) is 92.7 Å². The molecule has 1 aromatic rings. The fraction of sp³-hybridized carbons (Fsp3) is 0.357. The molecule has 0 radical (unpaired) electrons. The van der Waals surface area contributed by atoms with Crippen molar-refractivity contribution in [3.63, 3.8) is 0 Å². The highest BCUT2D eigenvalue weighted by Gasteiger charge is 2.29. The average Bonchev–Trinajstić information content (AvgIpc) is 2.82. The maximum absolute atomic E-state index is 12.2. The summed E-state index contributed by atoms with van der Waals surface area (Å²) in [6, 6.07) is 5.79. The van der Waals surface area contributed by atoms with E-state index in [1.54, 1.807) is 12.1 Å². The van der Waals surface area contributed by atoms with Crippen LogP contribution in [0.5, 0.6) is 0 Å². The summed E-state index contributed by atoms with van der Waals surface area (Å²) in [7, 11) is -3.60. The summed E-state index contributed by atoms with van der Waals surface area (Å²) in [4.78, 5) is 10.6. The van der Waals surface area contributed by atoms with Gasteiger partial charge in [0.2, 0.25) is 10.0 Å². The molecule has 1 saturated heterocycles. The van der Waals surface area contributed by atoms with E-state index >= 15 is 0 Å². The third kappa shape index (κ3) is 4.13. The van der Waals surface area contributed by atoms with Crippen LogP contribution in [0.15, 0.2) is 35.2 Å². The van der Waals surface area contributed by atoms with Crippen LogP contribution in [0.4, 0.5) is 0 Å². The number of carboxylic acid groups (broad SMARTS) is 1. The van der Waals surface area contributed by atoms with Gasteiger partial charge in [0.25, 0.3) is 0 Å². The lowest BCUT2D eigenvalue weighted by atomic mass is 10.2. The second kappa shape index (κ2) is 6.38. The average molecular weight is 311 g/mol. The number of rotatable bonds is 5. The van der Waals surface area contributed by atoms with Crippen LogP contribution in [0.2, 0.25) is 0 Å². The van der Waals surface area contributed by atoms with E-state index in [0.717, 1.165) is 6.08 Å². The highest BCUT2D eigenvalue weighted by atomic mass is 32.2. The van der Waals surface area contributed by atoms with Crippen LogP contribution in [0.25, 0.3) is 6.08 Å². The fourth-order valence-electron chi connectivity index (χ4n) is 2.08. The molecule has 21 heavy (non-hydrogen) atoms. The number of hydrogen-bond donors (Lipinski definition) is 2. The molecule has 0 bridgehead atoms. The summed E-state index contributed by atoms with van der Waals surface area (Å²) < 4.78 is 32.4. The smallest absolute Gasteiger partial charge is 0.328 e. The van der Waals surface area contributed by atoms with E-state index in [0.29, 0.717) is 18.6 Å². The number of hydrogen-bond acceptors (Lipinski definition) is 4. The molecule has 6 nitrogen and oxygen atoms in total. The van der Waals surface area contributed by atoms with Crippen molar-refractivity contribution in [1.82, 2.24) is 4.72 Å². The molecule has 2 unspecified atom stereocenters. The first-order valence-electron chi connectivity index (χ1n) is 6.53. The van der Waals surface area contributed by atoms with Crippen LogP contribution >= 0.6 is 0 Å². The quantitative estimate of drug-likeness (QED) is 0.798. The van der Waals surface area contributed by atoms with Gasteiger partial charge in [0.05, 0.1) is 17.0 Å². The number of sulfonamides is 1. The summed E-state index contributed by atoms with van der Waals surface area (Å²) in [5.74, 6) is -1.05. The van der Waals surface area contributed by atoms with Gasteiger partial charge in [-0.05, 0) is 37.1 Å². The van der Waals surface area contributed by atoms with Crippen molar-refractivity contribution in [3.05, 3.63) is 35.9 Å². The summed E-state index contributed by atoms with van der Waals surface area (Å²) in [5.41, 5.74) is 0.619. The van der Waals surface area contributed by atoms with Crippen molar-refractivity contribution in [2.75, 3.05) is 6.61 Å². The lowest BCUT2D eigenvalue weighted by Crippen LogP contribution is -2.39. The number of carboxylic acids is 1. The van der Waals surface area contributed by atoms with Crippen LogP contribution in [0.1, 0.15) is 18.9 Å². The van der Waals surface area contributed by atoms with E-state index in [2.05, 4.69) is 4.72 Å². The molecule has 2 rings (SSSR count). The number of carbonyl (C=O) groups is 1. The predicted octanol–water partition coefficient (Wildman–Crippen LogP) is 1.24. The van der Waals surface area contributed by atoms with E-state index in [4.69, 9.17) is 9.84 Å². The van der Waals surface area contributed by atoms with E-state index < -0.39 is 16.0 Å². The summed E-state index contributed by atoms with van der Waals surface area (Å²) in [6.07, 6.45) is 2.91. The number of ether oxygens (including phenoxy) is 1. The minimum atomic E-state index is -3.60. The van der Waals surface area contributed by atoms with Crippen LogP contribution < -0.4 is 4.72 Å². The van der Waals surface area contributed by atoms with Crippen molar-refractivity contribution in [3.8, 4) is 0 Å². The van der Waals surface area contributed by atoms with Crippen LogP contribution in [-0.4, -0.2) is 38.2 Å². The molecule has 1 aromatic carbocycles. The Balaban J connectivity index is 2.11. The Morgan fingerprint density at radius 1 is 1.38 bits per heavy atom. The normalized spacial score (nSPS) is 22.7. The molecular formula is C14H17NO5S. The minimum Gasteiger partial charge on any atom is -0.478 e. The largest absolute Gasteiger partial charge is 0.478 e. The first-order chi connectivity index (χ1) is 9.88. The van der Waals surface area contributed by atoms with E-state index in [9.17, 15) is 13.2 Å². The van der Waals surface area contributed by atoms with Gasteiger partial charge in [-0.1, -0.05) is 12.1 Å². The molecule has 0 saturated carbocycles. The zero-order valence-corrected chi connectivity index (χ0v) is 12.3. The Kier molecular flexibility index (Phi) is 4.76. The predicted molar refractivity (Wildman–Crippen MR) is 77.3 cm³/mol. The molecule has 1 fully saturated rings. The summed E-state index contributed by atoms with van der Waals surface area (Å²) in [5, 5.41) is 8.54. The maximum Gasteiger partial charge on any atom is 0.328 e. The fourth-order valence-corrected chi connectivity index (χ4v) is 3.42. The second-order valence-electron chi connectivity index (χ2n) is 4.83. The molecule has 0 amide bonds. The second-order valence-corrected chi connectivity index (χ2v) is 6.55. The van der Waals surface area contributed by atoms with Gasteiger partial charge >= 0.3 is 5.97 Å². The van der Waals surface area contributed by atoms with Gasteiger partial charge in [0, 0.05) is 12.7 Å². The highest BCUT2D eigenvalue weighted by molar-refractivity contribution is 7.89. The lowest BCUT2D eigenvalue weighted by Gasteiger charge is -2.16. The third-order valence-electron chi connectivity index (χ3n) is 3.29. The molecule has 1 aliphatic rings. The van der Waals surface area contributed by atoms with Gasteiger partial charge < -0.3 is 9.84 Å². The Hall–Kier alpha value is -1.70. The van der Waals surface area contributed by atoms with Gasteiger partial charge in [-0.15, -0.1) is 0 Å². The van der Waals surface area contributed by atoms with Crippen LogP contribution in [-0.2, 0) is 19.6 Å². The minimum absolute atomic E-state index is 0.141. The Labute approximate surface area is 123 Å². The molecule has 1 heterocycles. The Morgan fingerprint density at radius 3 is 2.57 bits per heavy atom. The number of nitrogens with one attached hydrogen (secondary N) is 1. The van der Waals surface area contributed by atoms with Gasteiger partial charge in [0.1, 0.15) is 0 Å². The van der Waals surface area contributed by atoms with Crippen molar-refractivity contribution < 1.29 is 23.1 Å². The van der Waals surface area contributed by atoms with E-state index in [1.807, 2.05) is 6.92 Å². The van der Waals surface area contributed by atoms with Crippen molar-refractivity contribution >= 4 is 22.1 Å². The summed E-state index contributed by atoms with van der Waals surface area (Å²) in [6.45, 7) is 2.38. The third-order valence-corrected chi connectivity index (χ3v) is 4.80. The van der Waals surface area contributed by atoms with Gasteiger partial charge in [-0.25, -0.2) is 17.9 Å². The zero-order valence-electron chi connectivity index (χ0n) is 11.5. The first kappa shape index (κ1) is 15.7. The van der Waals surface area contributed by atoms with Crippen molar-refractivity contribution in [2.24, 2.45) is 0 Å². The first-order valence-corrected chi connectivity index (χ1v) is 8.02. The Bertz CT molecular complexity index is 636. The summed E-state index contributed by atoms with van der Waals surface area (Å²) >= 11 is 0. The maximum atomic E-state index is 12.2. The molecule has 114 valence electrons. The molecule has 0 aromatic heterocycles. The van der Waals surface area contributed by atoms with Crippen molar-refractivity contribution in [1.29, 1.82) is 0 Å². The van der Waals surface area contributed by atoms with Gasteiger partial charge in [-0.3, -0.25) is 0 Å². The molecule has 0 spiro atoms. The lowest BCUT2D eigenvalue weighted by molar-refractivity contribution is -0.131. The number of aliphatic carboxylic acids is 1. The molecule has 7 heteroatoms. The van der Waals surface area contributed by atoms with Gasteiger partial charge in [-0.2, -0.15) is 0 Å². The molecular weight excluding hydrogens is 294 g/mol. The van der Waals surface area contributed by atoms with E-state index in [-0.39, 0.29) is 17.0 Å². The Morgan fingerprint density at radius 2 is 2.05 bits per heavy atom. The monoisotopic (exact) mass is 311 g/mol. The zero-order chi connectivity index (χ0) is 15.5. The molecule has 0 aliphatic carbocycles.